The van der Waals surface area contributed by atoms with Crippen molar-refractivity contribution in [2.75, 3.05) is 5.32 Å². The monoisotopic (exact) mass is 254 g/mol. The lowest BCUT2D eigenvalue weighted by Crippen LogP contribution is -2.10. The first-order chi connectivity index (χ1) is 9.34. The van der Waals surface area contributed by atoms with Gasteiger partial charge < -0.3 is 9.73 Å². The molecule has 1 N–H and O–H groups in total. The number of aromatic nitrogens is 3. The van der Waals surface area contributed by atoms with E-state index in [1.165, 1.54) is 0 Å². The minimum absolute atomic E-state index is 0.136. The average molecular weight is 254 g/mol. The van der Waals surface area contributed by atoms with Crippen LogP contribution in [-0.2, 0) is 0 Å². The summed E-state index contributed by atoms with van der Waals surface area (Å²) in [6.07, 6.45) is 8.77. The Kier molecular flexibility index (Phi) is 3.02. The maximum absolute atomic E-state index is 5.10. The second kappa shape index (κ2) is 4.97. The van der Waals surface area contributed by atoms with E-state index < -0.39 is 0 Å². The summed E-state index contributed by atoms with van der Waals surface area (Å²) in [6, 6.07) is 7.84. The van der Waals surface area contributed by atoms with Crippen molar-refractivity contribution >= 4 is 5.69 Å². The number of hydrogen-bond acceptors (Lipinski definition) is 4. The van der Waals surface area contributed by atoms with Crippen LogP contribution in [0, 0.1) is 0 Å². The molecular formula is C14H14N4O. The van der Waals surface area contributed by atoms with Gasteiger partial charge in [0.25, 0.3) is 0 Å². The molecule has 1 atom stereocenters. The van der Waals surface area contributed by atoms with E-state index in [4.69, 9.17) is 4.42 Å². The quantitative estimate of drug-likeness (QED) is 0.777. The van der Waals surface area contributed by atoms with E-state index in [-0.39, 0.29) is 6.04 Å². The lowest BCUT2D eigenvalue weighted by molar-refractivity contribution is 0.562. The Morgan fingerprint density at radius 2 is 2.21 bits per heavy atom. The SMILES string of the molecule is CC(Nc1cccnc1-n1cccn1)c1ccoc1. The van der Waals surface area contributed by atoms with E-state index in [9.17, 15) is 0 Å². The molecule has 0 saturated carbocycles. The Balaban J connectivity index is 1.89. The van der Waals surface area contributed by atoms with Crippen LogP contribution >= 0.6 is 0 Å². The van der Waals surface area contributed by atoms with Gasteiger partial charge in [-0.1, -0.05) is 0 Å². The zero-order valence-corrected chi connectivity index (χ0v) is 10.5. The first-order valence-corrected chi connectivity index (χ1v) is 6.08. The molecule has 0 radical (unpaired) electrons. The number of nitrogens with zero attached hydrogens (tertiary/aromatic N) is 3. The second-order valence-electron chi connectivity index (χ2n) is 4.25. The molecule has 0 saturated heterocycles. The highest BCUT2D eigenvalue weighted by molar-refractivity contribution is 5.57. The Morgan fingerprint density at radius 3 is 2.95 bits per heavy atom. The van der Waals surface area contributed by atoms with Crippen LogP contribution in [0.2, 0.25) is 0 Å². The predicted octanol–water partition coefficient (Wildman–Crippen LogP) is 3.03. The summed E-state index contributed by atoms with van der Waals surface area (Å²) in [4.78, 5) is 4.37. The fraction of sp³-hybridized carbons (Fsp3) is 0.143. The summed E-state index contributed by atoms with van der Waals surface area (Å²) in [7, 11) is 0. The molecule has 0 amide bonds. The first-order valence-electron chi connectivity index (χ1n) is 6.08. The molecule has 3 heterocycles. The summed E-state index contributed by atoms with van der Waals surface area (Å²) in [6.45, 7) is 2.07. The lowest BCUT2D eigenvalue weighted by atomic mass is 10.2. The van der Waals surface area contributed by atoms with Gasteiger partial charge in [0.2, 0.25) is 0 Å². The van der Waals surface area contributed by atoms with Crippen LogP contribution in [0.3, 0.4) is 0 Å². The maximum atomic E-state index is 5.10. The van der Waals surface area contributed by atoms with Crippen molar-refractivity contribution in [3.05, 3.63) is 60.9 Å². The van der Waals surface area contributed by atoms with Gasteiger partial charge in [-0.05, 0) is 31.2 Å². The summed E-state index contributed by atoms with van der Waals surface area (Å²) in [5.41, 5.74) is 2.02. The molecule has 1 unspecified atom stereocenters. The summed E-state index contributed by atoms with van der Waals surface area (Å²) in [5.74, 6) is 0.780. The van der Waals surface area contributed by atoms with Gasteiger partial charge >= 0.3 is 0 Å². The van der Waals surface area contributed by atoms with E-state index in [0.29, 0.717) is 0 Å². The van der Waals surface area contributed by atoms with Crippen molar-refractivity contribution in [3.8, 4) is 5.82 Å². The molecular weight excluding hydrogens is 240 g/mol. The minimum Gasteiger partial charge on any atom is -0.472 e. The van der Waals surface area contributed by atoms with E-state index in [0.717, 1.165) is 17.1 Å². The number of hydrogen-bond donors (Lipinski definition) is 1. The molecule has 0 aliphatic rings. The summed E-state index contributed by atoms with van der Waals surface area (Å²) in [5, 5.41) is 7.63. The normalized spacial score (nSPS) is 12.3. The maximum Gasteiger partial charge on any atom is 0.176 e. The Hall–Kier alpha value is -2.56. The highest BCUT2D eigenvalue weighted by Crippen LogP contribution is 2.23. The van der Waals surface area contributed by atoms with Crippen LogP contribution in [0.1, 0.15) is 18.5 Å². The molecule has 0 aliphatic heterocycles. The van der Waals surface area contributed by atoms with Gasteiger partial charge in [0.1, 0.15) is 0 Å². The first kappa shape index (κ1) is 11.5. The molecule has 0 aliphatic carbocycles. The fourth-order valence-electron chi connectivity index (χ4n) is 1.92. The molecule has 0 fully saturated rings. The van der Waals surface area contributed by atoms with E-state index in [1.807, 2.05) is 30.5 Å². The number of rotatable bonds is 4. The Bertz CT molecular complexity index is 631. The number of anilines is 1. The van der Waals surface area contributed by atoms with Gasteiger partial charge in [0, 0.05) is 24.2 Å². The van der Waals surface area contributed by atoms with Gasteiger partial charge in [-0.25, -0.2) is 9.67 Å². The minimum atomic E-state index is 0.136. The van der Waals surface area contributed by atoms with Crippen molar-refractivity contribution in [2.24, 2.45) is 0 Å². The van der Waals surface area contributed by atoms with Crippen molar-refractivity contribution in [1.82, 2.24) is 14.8 Å². The zero-order valence-electron chi connectivity index (χ0n) is 10.5. The summed E-state index contributed by atoms with van der Waals surface area (Å²) >= 11 is 0. The molecule has 3 aromatic rings. The Labute approximate surface area is 110 Å². The third kappa shape index (κ3) is 2.35. The Morgan fingerprint density at radius 1 is 1.26 bits per heavy atom. The van der Waals surface area contributed by atoms with Crippen molar-refractivity contribution in [2.45, 2.75) is 13.0 Å². The predicted molar refractivity (Wildman–Crippen MR) is 72.1 cm³/mol. The number of nitrogens with one attached hydrogen (secondary N) is 1. The molecule has 3 rings (SSSR count). The zero-order chi connectivity index (χ0) is 13.1. The van der Waals surface area contributed by atoms with Crippen LogP contribution < -0.4 is 5.32 Å². The van der Waals surface area contributed by atoms with Gasteiger partial charge in [-0.2, -0.15) is 5.10 Å². The molecule has 0 spiro atoms. The third-order valence-electron chi connectivity index (χ3n) is 2.92. The van der Waals surface area contributed by atoms with Crippen LogP contribution in [0.15, 0.2) is 59.8 Å². The second-order valence-corrected chi connectivity index (χ2v) is 4.25. The van der Waals surface area contributed by atoms with E-state index in [2.05, 4.69) is 22.3 Å². The molecule has 5 nitrogen and oxygen atoms in total. The molecule has 3 aromatic heterocycles. The molecule has 5 heteroatoms. The van der Waals surface area contributed by atoms with Gasteiger partial charge in [0.05, 0.1) is 24.3 Å². The van der Waals surface area contributed by atoms with Gasteiger partial charge in [-0.3, -0.25) is 0 Å². The van der Waals surface area contributed by atoms with Gasteiger partial charge in [0.15, 0.2) is 5.82 Å². The van der Waals surface area contributed by atoms with Crippen molar-refractivity contribution < 1.29 is 4.42 Å². The average Bonchev–Trinajstić information content (AvgIpc) is 3.13. The molecule has 0 aromatic carbocycles. The van der Waals surface area contributed by atoms with Crippen LogP contribution in [-0.4, -0.2) is 14.8 Å². The van der Waals surface area contributed by atoms with Crippen molar-refractivity contribution in [3.63, 3.8) is 0 Å². The highest BCUT2D eigenvalue weighted by Gasteiger charge is 2.11. The lowest BCUT2D eigenvalue weighted by Gasteiger charge is -2.16. The summed E-state index contributed by atoms with van der Waals surface area (Å²) < 4.78 is 6.84. The number of furan rings is 1. The number of pyridine rings is 1. The molecule has 19 heavy (non-hydrogen) atoms. The molecule has 0 bridgehead atoms. The molecule has 96 valence electrons. The highest BCUT2D eigenvalue weighted by atomic mass is 16.3. The van der Waals surface area contributed by atoms with Crippen LogP contribution in [0.4, 0.5) is 5.69 Å². The fourth-order valence-corrected chi connectivity index (χ4v) is 1.92. The smallest absolute Gasteiger partial charge is 0.176 e. The van der Waals surface area contributed by atoms with Gasteiger partial charge in [-0.15, -0.1) is 0 Å². The third-order valence-corrected chi connectivity index (χ3v) is 2.92. The van der Waals surface area contributed by atoms with E-state index >= 15 is 0 Å². The van der Waals surface area contributed by atoms with Crippen molar-refractivity contribution in [1.29, 1.82) is 0 Å². The van der Waals surface area contributed by atoms with E-state index in [1.54, 1.807) is 29.6 Å². The standard InChI is InChI=1S/C14H14N4O/c1-11(12-5-9-19-10-12)17-13-4-2-6-15-14(13)18-8-3-7-16-18/h2-11,17H,1H3. The topological polar surface area (TPSA) is 55.9 Å². The largest absolute Gasteiger partial charge is 0.472 e. The van der Waals surface area contributed by atoms with Crippen LogP contribution in [0.25, 0.3) is 5.82 Å². The van der Waals surface area contributed by atoms with Crippen LogP contribution in [0.5, 0.6) is 0 Å².